The molecule has 0 amide bonds. The van der Waals surface area contributed by atoms with Crippen LogP contribution in [0.25, 0.3) is 0 Å². The average molecular weight is 227 g/mol. The molecule has 0 unspecified atom stereocenters. The molecule has 2 N–H and O–H groups in total. The lowest BCUT2D eigenvalue weighted by molar-refractivity contribution is 0.0521. The van der Waals surface area contributed by atoms with Crippen molar-refractivity contribution in [3.63, 3.8) is 0 Å². The molecule has 0 aromatic heterocycles. The highest BCUT2D eigenvalue weighted by Gasteiger charge is 2.26. The van der Waals surface area contributed by atoms with Crippen LogP contribution in [0.1, 0.15) is 65.2 Å². The van der Waals surface area contributed by atoms with E-state index in [9.17, 15) is 0 Å². The predicted octanol–water partition coefficient (Wildman–Crippen LogP) is 3.49. The third-order valence-corrected chi connectivity index (χ3v) is 4.00. The summed E-state index contributed by atoms with van der Waals surface area (Å²) in [6.45, 7) is 6.14. The molecule has 96 valence electrons. The van der Waals surface area contributed by atoms with E-state index >= 15 is 0 Å². The molecule has 1 rings (SSSR count). The summed E-state index contributed by atoms with van der Waals surface area (Å²) in [4.78, 5) is 0. The Balaban J connectivity index is 2.23. The van der Waals surface area contributed by atoms with Crippen LogP contribution in [0.2, 0.25) is 0 Å². The van der Waals surface area contributed by atoms with E-state index in [2.05, 4.69) is 13.8 Å². The standard InChI is InChI=1S/C14H29NO/c1-3-13(4-2)11-16-12-14(15)9-7-5-6-8-10-14/h13H,3-12,15H2,1-2H3. The van der Waals surface area contributed by atoms with Gasteiger partial charge in [-0.1, -0.05) is 52.4 Å². The smallest absolute Gasteiger partial charge is 0.0646 e. The van der Waals surface area contributed by atoms with Crippen molar-refractivity contribution in [3.05, 3.63) is 0 Å². The fraction of sp³-hybridized carbons (Fsp3) is 1.00. The zero-order chi connectivity index (χ0) is 11.9. The minimum Gasteiger partial charge on any atom is -0.379 e. The molecule has 0 saturated heterocycles. The van der Waals surface area contributed by atoms with Crippen LogP contribution < -0.4 is 5.73 Å². The fourth-order valence-electron chi connectivity index (χ4n) is 2.53. The van der Waals surface area contributed by atoms with Crippen molar-refractivity contribution in [1.29, 1.82) is 0 Å². The van der Waals surface area contributed by atoms with Crippen LogP contribution in [0.3, 0.4) is 0 Å². The molecule has 2 heteroatoms. The summed E-state index contributed by atoms with van der Waals surface area (Å²) in [5.41, 5.74) is 6.38. The molecule has 0 atom stereocenters. The molecule has 0 heterocycles. The second-order valence-corrected chi connectivity index (χ2v) is 5.47. The summed E-state index contributed by atoms with van der Waals surface area (Å²) in [5, 5.41) is 0. The Kier molecular flexibility index (Phi) is 6.37. The van der Waals surface area contributed by atoms with Gasteiger partial charge in [0.15, 0.2) is 0 Å². The van der Waals surface area contributed by atoms with E-state index in [-0.39, 0.29) is 5.54 Å². The molecule has 1 aliphatic carbocycles. The van der Waals surface area contributed by atoms with Gasteiger partial charge in [-0.2, -0.15) is 0 Å². The second-order valence-electron chi connectivity index (χ2n) is 5.47. The molecule has 0 aromatic rings. The van der Waals surface area contributed by atoms with Gasteiger partial charge in [-0.3, -0.25) is 0 Å². The van der Waals surface area contributed by atoms with E-state index < -0.39 is 0 Å². The summed E-state index contributed by atoms with van der Waals surface area (Å²) in [7, 11) is 0. The number of hydrogen-bond acceptors (Lipinski definition) is 2. The van der Waals surface area contributed by atoms with Crippen molar-refractivity contribution in [2.24, 2.45) is 11.7 Å². The quantitative estimate of drug-likeness (QED) is 0.705. The topological polar surface area (TPSA) is 35.2 Å². The lowest BCUT2D eigenvalue weighted by atomic mass is 9.92. The largest absolute Gasteiger partial charge is 0.379 e. The average Bonchev–Trinajstić information content (AvgIpc) is 2.50. The van der Waals surface area contributed by atoms with E-state index in [0.29, 0.717) is 0 Å². The Morgan fingerprint density at radius 2 is 1.62 bits per heavy atom. The zero-order valence-electron chi connectivity index (χ0n) is 11.1. The van der Waals surface area contributed by atoms with E-state index in [1.807, 2.05) is 0 Å². The van der Waals surface area contributed by atoms with Crippen LogP contribution in [-0.4, -0.2) is 18.8 Å². The molecule has 0 spiro atoms. The lowest BCUT2D eigenvalue weighted by Gasteiger charge is -2.28. The van der Waals surface area contributed by atoms with Crippen LogP contribution in [0.5, 0.6) is 0 Å². The third kappa shape index (κ3) is 4.84. The summed E-state index contributed by atoms with van der Waals surface area (Å²) in [6.07, 6.45) is 10.0. The summed E-state index contributed by atoms with van der Waals surface area (Å²) >= 11 is 0. The van der Waals surface area contributed by atoms with Gasteiger partial charge in [0, 0.05) is 12.1 Å². The molecule has 0 aliphatic heterocycles. The number of rotatable bonds is 6. The first-order valence-electron chi connectivity index (χ1n) is 7.07. The van der Waals surface area contributed by atoms with Crippen molar-refractivity contribution in [3.8, 4) is 0 Å². The Bertz CT molecular complexity index is 170. The van der Waals surface area contributed by atoms with Gasteiger partial charge < -0.3 is 10.5 Å². The molecule has 0 aromatic carbocycles. The van der Waals surface area contributed by atoms with Crippen molar-refractivity contribution in [2.45, 2.75) is 70.8 Å². The Labute approximate surface area is 101 Å². The van der Waals surface area contributed by atoms with E-state index in [0.717, 1.165) is 32.0 Å². The van der Waals surface area contributed by atoms with Gasteiger partial charge in [0.05, 0.1) is 6.61 Å². The first-order valence-corrected chi connectivity index (χ1v) is 7.07. The summed E-state index contributed by atoms with van der Waals surface area (Å²) in [6, 6.07) is 0. The highest BCUT2D eigenvalue weighted by atomic mass is 16.5. The third-order valence-electron chi connectivity index (χ3n) is 4.00. The first-order chi connectivity index (χ1) is 7.70. The maximum Gasteiger partial charge on any atom is 0.0646 e. The van der Waals surface area contributed by atoms with Crippen molar-refractivity contribution < 1.29 is 4.74 Å². The van der Waals surface area contributed by atoms with Crippen LogP contribution in [-0.2, 0) is 4.74 Å². The summed E-state index contributed by atoms with van der Waals surface area (Å²) < 4.78 is 5.85. The van der Waals surface area contributed by atoms with Gasteiger partial charge in [0.25, 0.3) is 0 Å². The Morgan fingerprint density at radius 1 is 1.06 bits per heavy atom. The minimum atomic E-state index is -0.0253. The Morgan fingerprint density at radius 3 is 2.12 bits per heavy atom. The molecular weight excluding hydrogens is 198 g/mol. The van der Waals surface area contributed by atoms with Gasteiger partial charge in [-0.05, 0) is 18.8 Å². The van der Waals surface area contributed by atoms with E-state index in [1.54, 1.807) is 0 Å². The zero-order valence-corrected chi connectivity index (χ0v) is 11.1. The van der Waals surface area contributed by atoms with Crippen molar-refractivity contribution >= 4 is 0 Å². The number of ether oxygens (including phenoxy) is 1. The molecule has 1 aliphatic rings. The number of nitrogens with two attached hydrogens (primary N) is 1. The van der Waals surface area contributed by atoms with Gasteiger partial charge in [0.2, 0.25) is 0 Å². The minimum absolute atomic E-state index is 0.0253. The molecule has 2 nitrogen and oxygen atoms in total. The van der Waals surface area contributed by atoms with E-state index in [4.69, 9.17) is 10.5 Å². The fourth-order valence-corrected chi connectivity index (χ4v) is 2.53. The van der Waals surface area contributed by atoms with Gasteiger partial charge in [-0.15, -0.1) is 0 Å². The van der Waals surface area contributed by atoms with Gasteiger partial charge >= 0.3 is 0 Å². The highest BCUT2D eigenvalue weighted by Crippen LogP contribution is 2.25. The van der Waals surface area contributed by atoms with Crippen LogP contribution in [0.4, 0.5) is 0 Å². The van der Waals surface area contributed by atoms with Crippen molar-refractivity contribution in [1.82, 2.24) is 0 Å². The molecule has 1 fully saturated rings. The van der Waals surface area contributed by atoms with Gasteiger partial charge in [0.1, 0.15) is 0 Å². The maximum atomic E-state index is 6.40. The predicted molar refractivity (Wildman–Crippen MR) is 69.5 cm³/mol. The monoisotopic (exact) mass is 227 g/mol. The summed E-state index contributed by atoms with van der Waals surface area (Å²) in [5.74, 6) is 0.717. The molecule has 0 bridgehead atoms. The normalized spacial score (nSPS) is 21.0. The maximum absolute atomic E-state index is 6.40. The van der Waals surface area contributed by atoms with Crippen molar-refractivity contribution in [2.75, 3.05) is 13.2 Å². The van der Waals surface area contributed by atoms with Gasteiger partial charge in [-0.25, -0.2) is 0 Å². The first kappa shape index (κ1) is 14.0. The second kappa shape index (κ2) is 7.29. The molecule has 0 radical (unpaired) electrons. The van der Waals surface area contributed by atoms with E-state index in [1.165, 1.54) is 38.5 Å². The molecule has 1 saturated carbocycles. The highest BCUT2D eigenvalue weighted by molar-refractivity contribution is 4.85. The molecular formula is C14H29NO. The molecule has 16 heavy (non-hydrogen) atoms. The Hall–Kier alpha value is -0.0800. The number of hydrogen-bond donors (Lipinski definition) is 1. The van der Waals surface area contributed by atoms with Crippen LogP contribution in [0.15, 0.2) is 0 Å². The van der Waals surface area contributed by atoms with Crippen LogP contribution >= 0.6 is 0 Å². The van der Waals surface area contributed by atoms with Crippen LogP contribution in [0, 0.1) is 5.92 Å². The SMILES string of the molecule is CCC(CC)COCC1(N)CCCCCC1. The lowest BCUT2D eigenvalue weighted by Crippen LogP contribution is -2.44.